The number of benzene rings is 3. The molecule has 1 aliphatic rings. The van der Waals surface area contributed by atoms with Crippen LogP contribution < -0.4 is 5.32 Å². The van der Waals surface area contributed by atoms with Gasteiger partial charge in [0.25, 0.3) is 0 Å². The van der Waals surface area contributed by atoms with E-state index in [1.807, 2.05) is 6.07 Å². The molecule has 1 aliphatic heterocycles. The molecule has 0 radical (unpaired) electrons. The Morgan fingerprint density at radius 3 is 2.48 bits per heavy atom. The zero-order chi connectivity index (χ0) is 18.4. The quantitative estimate of drug-likeness (QED) is 0.424. The summed E-state index contributed by atoms with van der Waals surface area (Å²) in [6.45, 7) is 2.17. The molecular formula is C23H18BrN3. The number of hydrogen-bond donors (Lipinski definition) is 1. The average Bonchev–Trinajstić information content (AvgIpc) is 3.07. The van der Waals surface area contributed by atoms with Gasteiger partial charge in [0.15, 0.2) is 0 Å². The number of halogens is 1. The van der Waals surface area contributed by atoms with Crippen molar-refractivity contribution in [3.05, 3.63) is 100 Å². The van der Waals surface area contributed by atoms with Crippen LogP contribution >= 0.6 is 15.9 Å². The summed E-state index contributed by atoms with van der Waals surface area (Å²) in [5.41, 5.74) is 6.94. The molecule has 27 heavy (non-hydrogen) atoms. The first-order chi connectivity index (χ1) is 13.2. The Hall–Kier alpha value is -2.85. The number of nitrogens with zero attached hydrogens (tertiary/aromatic N) is 2. The zero-order valence-electron chi connectivity index (χ0n) is 14.9. The third-order valence-electron chi connectivity index (χ3n) is 5.11. The Labute approximate surface area is 166 Å². The molecular weight excluding hydrogens is 398 g/mol. The Morgan fingerprint density at radius 2 is 1.67 bits per heavy atom. The molecule has 3 nitrogen and oxygen atoms in total. The molecule has 1 N–H and O–H groups in total. The first kappa shape index (κ1) is 16.3. The van der Waals surface area contributed by atoms with E-state index in [2.05, 4.69) is 106 Å². The molecule has 0 amide bonds. The first-order valence-corrected chi connectivity index (χ1v) is 9.77. The van der Waals surface area contributed by atoms with Crippen molar-refractivity contribution in [1.29, 1.82) is 0 Å². The summed E-state index contributed by atoms with van der Waals surface area (Å²) < 4.78 is 3.37. The van der Waals surface area contributed by atoms with Gasteiger partial charge in [-0.15, -0.1) is 0 Å². The third kappa shape index (κ3) is 2.77. The second-order valence-electron chi connectivity index (χ2n) is 6.81. The van der Waals surface area contributed by atoms with Crippen LogP contribution in [0.1, 0.15) is 22.7 Å². The number of para-hydroxylation sites is 2. The minimum atomic E-state index is 0.0912. The van der Waals surface area contributed by atoms with Crippen LogP contribution in [0.15, 0.2) is 83.3 Å². The van der Waals surface area contributed by atoms with Gasteiger partial charge in [0.2, 0.25) is 5.95 Å². The molecule has 1 unspecified atom stereocenters. The highest BCUT2D eigenvalue weighted by Crippen LogP contribution is 2.37. The fourth-order valence-electron chi connectivity index (χ4n) is 3.75. The zero-order valence-corrected chi connectivity index (χ0v) is 16.4. The van der Waals surface area contributed by atoms with E-state index in [9.17, 15) is 0 Å². The monoisotopic (exact) mass is 415 g/mol. The molecule has 4 aromatic rings. The van der Waals surface area contributed by atoms with Crippen molar-refractivity contribution in [1.82, 2.24) is 9.55 Å². The van der Waals surface area contributed by atoms with Gasteiger partial charge in [-0.3, -0.25) is 4.57 Å². The van der Waals surface area contributed by atoms with Crippen molar-refractivity contribution in [3.63, 3.8) is 0 Å². The van der Waals surface area contributed by atoms with Gasteiger partial charge in [-0.05, 0) is 54.0 Å². The van der Waals surface area contributed by atoms with Gasteiger partial charge < -0.3 is 5.32 Å². The van der Waals surface area contributed by atoms with Crippen molar-refractivity contribution in [2.45, 2.75) is 13.0 Å². The summed E-state index contributed by atoms with van der Waals surface area (Å²) >= 11 is 3.52. The van der Waals surface area contributed by atoms with Gasteiger partial charge >= 0.3 is 0 Å². The fourth-order valence-corrected chi connectivity index (χ4v) is 4.02. The van der Waals surface area contributed by atoms with Crippen LogP contribution in [0, 0.1) is 6.92 Å². The highest BCUT2D eigenvalue weighted by Gasteiger charge is 2.26. The van der Waals surface area contributed by atoms with Crippen molar-refractivity contribution in [2.24, 2.45) is 0 Å². The highest BCUT2D eigenvalue weighted by molar-refractivity contribution is 9.10. The standard InChI is InChI=1S/C23H18BrN3/c1-15-6-2-3-7-18(15)22-14-20(16-10-12-17(24)13-11-16)26-23-25-19-8-4-5-9-21(19)27(22)23/h2-14,22H,1H3,(H,25,26). The number of fused-ring (bicyclic) bond motifs is 3. The molecule has 0 aliphatic carbocycles. The maximum Gasteiger partial charge on any atom is 0.209 e. The molecule has 1 aromatic heterocycles. The van der Waals surface area contributed by atoms with Crippen molar-refractivity contribution < 1.29 is 0 Å². The van der Waals surface area contributed by atoms with Gasteiger partial charge in [0, 0.05) is 10.2 Å². The summed E-state index contributed by atoms with van der Waals surface area (Å²) in [6.07, 6.45) is 2.30. The molecule has 0 spiro atoms. The maximum absolute atomic E-state index is 4.85. The summed E-state index contributed by atoms with van der Waals surface area (Å²) in [5, 5.41) is 3.54. The Balaban J connectivity index is 1.74. The molecule has 3 aromatic carbocycles. The smallest absolute Gasteiger partial charge is 0.209 e. The van der Waals surface area contributed by atoms with Crippen LogP contribution in [0.25, 0.3) is 16.7 Å². The molecule has 0 saturated heterocycles. The van der Waals surface area contributed by atoms with Gasteiger partial charge in [0.1, 0.15) is 0 Å². The summed E-state index contributed by atoms with van der Waals surface area (Å²) in [5.74, 6) is 0.880. The number of rotatable bonds is 2. The molecule has 5 rings (SSSR count). The first-order valence-electron chi connectivity index (χ1n) is 8.98. The molecule has 0 bridgehead atoms. The minimum absolute atomic E-state index is 0.0912. The van der Waals surface area contributed by atoms with Crippen LogP contribution in [-0.4, -0.2) is 9.55 Å². The predicted molar refractivity (Wildman–Crippen MR) is 115 cm³/mol. The van der Waals surface area contributed by atoms with Crippen LogP contribution in [0.3, 0.4) is 0 Å². The Bertz CT molecular complexity index is 1170. The number of aryl methyl sites for hydroxylation is 1. The normalized spacial score (nSPS) is 15.9. The number of allylic oxidation sites excluding steroid dienone is 1. The van der Waals surface area contributed by atoms with E-state index in [1.165, 1.54) is 11.1 Å². The maximum atomic E-state index is 4.85. The second-order valence-corrected chi connectivity index (χ2v) is 7.72. The second kappa shape index (κ2) is 6.39. The number of anilines is 1. The van der Waals surface area contributed by atoms with Gasteiger partial charge in [-0.2, -0.15) is 0 Å². The lowest BCUT2D eigenvalue weighted by Crippen LogP contribution is -2.19. The number of hydrogen-bond acceptors (Lipinski definition) is 2. The molecule has 0 fully saturated rings. The van der Waals surface area contributed by atoms with Crippen LogP contribution in [0.5, 0.6) is 0 Å². The Morgan fingerprint density at radius 1 is 0.926 bits per heavy atom. The molecule has 4 heteroatoms. The lowest BCUT2D eigenvalue weighted by Gasteiger charge is -2.27. The van der Waals surface area contributed by atoms with Crippen molar-refractivity contribution >= 4 is 38.6 Å². The lowest BCUT2D eigenvalue weighted by atomic mass is 9.97. The van der Waals surface area contributed by atoms with E-state index in [0.717, 1.165) is 32.7 Å². The van der Waals surface area contributed by atoms with E-state index in [1.54, 1.807) is 0 Å². The van der Waals surface area contributed by atoms with Crippen molar-refractivity contribution in [2.75, 3.05) is 5.32 Å². The molecule has 2 heterocycles. The van der Waals surface area contributed by atoms with Gasteiger partial charge in [0.05, 0.1) is 17.1 Å². The molecule has 0 saturated carbocycles. The van der Waals surface area contributed by atoms with E-state index in [0.29, 0.717) is 0 Å². The van der Waals surface area contributed by atoms with Crippen LogP contribution in [0.4, 0.5) is 5.95 Å². The van der Waals surface area contributed by atoms with E-state index < -0.39 is 0 Å². The largest absolute Gasteiger partial charge is 0.325 e. The number of nitrogens with one attached hydrogen (secondary N) is 1. The lowest BCUT2D eigenvalue weighted by molar-refractivity contribution is 0.716. The van der Waals surface area contributed by atoms with Crippen molar-refractivity contribution in [3.8, 4) is 0 Å². The fraction of sp³-hybridized carbons (Fsp3) is 0.0870. The van der Waals surface area contributed by atoms with Gasteiger partial charge in [-0.25, -0.2) is 4.98 Å². The topological polar surface area (TPSA) is 29.9 Å². The third-order valence-corrected chi connectivity index (χ3v) is 5.64. The van der Waals surface area contributed by atoms with E-state index >= 15 is 0 Å². The average molecular weight is 416 g/mol. The predicted octanol–water partition coefficient (Wildman–Crippen LogP) is 6.16. The Kier molecular flexibility index (Phi) is 3.87. The number of imidazole rings is 1. The summed E-state index contributed by atoms with van der Waals surface area (Å²) in [7, 11) is 0. The van der Waals surface area contributed by atoms with E-state index in [-0.39, 0.29) is 6.04 Å². The highest BCUT2D eigenvalue weighted by atomic mass is 79.9. The van der Waals surface area contributed by atoms with Crippen LogP contribution in [-0.2, 0) is 0 Å². The SMILES string of the molecule is Cc1ccccc1C1C=C(c2ccc(Br)cc2)Nc2nc3ccccc3n21. The van der Waals surface area contributed by atoms with Crippen LogP contribution in [0.2, 0.25) is 0 Å². The molecule has 132 valence electrons. The minimum Gasteiger partial charge on any atom is -0.325 e. The molecule has 1 atom stereocenters. The number of aromatic nitrogens is 2. The summed E-state index contributed by atoms with van der Waals surface area (Å²) in [6, 6.07) is 25.4. The van der Waals surface area contributed by atoms with E-state index in [4.69, 9.17) is 4.98 Å². The van der Waals surface area contributed by atoms with Gasteiger partial charge in [-0.1, -0.05) is 64.5 Å². The summed E-state index contributed by atoms with van der Waals surface area (Å²) in [4.78, 5) is 4.85.